The zero-order chi connectivity index (χ0) is 13.1. The fraction of sp³-hybridized carbons (Fsp3) is 0.333. The summed E-state index contributed by atoms with van der Waals surface area (Å²) in [6.07, 6.45) is 0.538. The number of amides is 1. The number of halogens is 1. The molecule has 0 fully saturated rings. The summed E-state index contributed by atoms with van der Waals surface area (Å²) >= 11 is 7.20. The zero-order valence-corrected chi connectivity index (χ0v) is 11.4. The average molecular weight is 285 g/mol. The number of hydrogen-bond acceptors (Lipinski definition) is 4. The Morgan fingerprint density at radius 1 is 1.61 bits per heavy atom. The van der Waals surface area contributed by atoms with Crippen LogP contribution in [0.1, 0.15) is 23.7 Å². The van der Waals surface area contributed by atoms with Gasteiger partial charge in [0.15, 0.2) is 4.47 Å². The van der Waals surface area contributed by atoms with Crippen molar-refractivity contribution < 1.29 is 9.90 Å². The minimum absolute atomic E-state index is 0.0577. The minimum atomic E-state index is -0.165. The van der Waals surface area contributed by atoms with Gasteiger partial charge in [-0.15, -0.1) is 11.3 Å². The van der Waals surface area contributed by atoms with Crippen LogP contribution in [0.25, 0.3) is 10.2 Å². The lowest BCUT2D eigenvalue weighted by Gasteiger charge is -2.12. The van der Waals surface area contributed by atoms with Crippen molar-refractivity contribution in [2.45, 2.75) is 19.4 Å². The highest BCUT2D eigenvalue weighted by Crippen LogP contribution is 2.26. The van der Waals surface area contributed by atoms with Gasteiger partial charge in [0.05, 0.1) is 10.2 Å². The highest BCUT2D eigenvalue weighted by Gasteiger charge is 2.11. The van der Waals surface area contributed by atoms with Crippen LogP contribution in [0, 0.1) is 0 Å². The van der Waals surface area contributed by atoms with E-state index in [9.17, 15) is 4.79 Å². The van der Waals surface area contributed by atoms with Crippen molar-refractivity contribution >= 4 is 39.1 Å². The number of carbonyl (C=O) groups excluding carboxylic acids is 1. The Morgan fingerprint density at radius 3 is 3.11 bits per heavy atom. The molecule has 2 aromatic rings. The van der Waals surface area contributed by atoms with Gasteiger partial charge in [0, 0.05) is 18.2 Å². The van der Waals surface area contributed by atoms with Gasteiger partial charge >= 0.3 is 0 Å². The largest absolute Gasteiger partial charge is 0.396 e. The molecule has 2 rings (SSSR count). The van der Waals surface area contributed by atoms with Crippen LogP contribution in [0.15, 0.2) is 18.2 Å². The van der Waals surface area contributed by atoms with Crippen molar-refractivity contribution in [3.63, 3.8) is 0 Å². The van der Waals surface area contributed by atoms with Gasteiger partial charge in [0.1, 0.15) is 0 Å². The minimum Gasteiger partial charge on any atom is -0.396 e. The maximum absolute atomic E-state index is 11.9. The number of rotatable bonds is 4. The van der Waals surface area contributed by atoms with Gasteiger partial charge in [-0.1, -0.05) is 11.6 Å². The molecule has 2 N–H and O–H groups in total. The van der Waals surface area contributed by atoms with Gasteiger partial charge < -0.3 is 10.4 Å². The lowest BCUT2D eigenvalue weighted by atomic mass is 10.1. The highest BCUT2D eigenvalue weighted by molar-refractivity contribution is 7.22. The van der Waals surface area contributed by atoms with Gasteiger partial charge in [-0.2, -0.15) is 0 Å². The summed E-state index contributed by atoms with van der Waals surface area (Å²) in [5, 5.41) is 11.6. The normalized spacial score (nSPS) is 12.6. The molecule has 6 heteroatoms. The number of carbonyl (C=O) groups is 1. The van der Waals surface area contributed by atoms with Crippen molar-refractivity contribution in [2.24, 2.45) is 0 Å². The van der Waals surface area contributed by atoms with E-state index in [2.05, 4.69) is 10.3 Å². The fourth-order valence-electron chi connectivity index (χ4n) is 1.61. The molecule has 0 bridgehead atoms. The Kier molecular flexibility index (Phi) is 4.16. The van der Waals surface area contributed by atoms with Crippen LogP contribution in [0.4, 0.5) is 0 Å². The van der Waals surface area contributed by atoms with Gasteiger partial charge in [-0.25, -0.2) is 4.98 Å². The van der Waals surface area contributed by atoms with Crippen LogP contribution in [-0.2, 0) is 0 Å². The first-order valence-corrected chi connectivity index (χ1v) is 6.77. The molecule has 0 saturated heterocycles. The summed E-state index contributed by atoms with van der Waals surface area (Å²) in [5.74, 6) is -0.165. The van der Waals surface area contributed by atoms with E-state index in [0.29, 0.717) is 16.5 Å². The molecule has 0 spiro atoms. The van der Waals surface area contributed by atoms with E-state index in [-0.39, 0.29) is 18.6 Å². The quantitative estimate of drug-likeness (QED) is 0.906. The molecule has 1 heterocycles. The monoisotopic (exact) mass is 284 g/mol. The van der Waals surface area contributed by atoms with Gasteiger partial charge in [0.2, 0.25) is 0 Å². The Morgan fingerprint density at radius 2 is 2.39 bits per heavy atom. The SMILES string of the molecule is C[C@H](CCO)NC(=O)c1ccc2sc(Cl)nc2c1. The smallest absolute Gasteiger partial charge is 0.251 e. The molecule has 0 radical (unpaired) electrons. The molecular weight excluding hydrogens is 272 g/mol. The highest BCUT2D eigenvalue weighted by atomic mass is 35.5. The number of benzene rings is 1. The molecule has 1 amide bonds. The number of aliphatic hydroxyl groups is 1. The Hall–Kier alpha value is -1.17. The number of nitrogens with zero attached hydrogens (tertiary/aromatic N) is 1. The van der Waals surface area contributed by atoms with Crippen molar-refractivity contribution in [3.8, 4) is 0 Å². The van der Waals surface area contributed by atoms with Crippen molar-refractivity contribution in [1.29, 1.82) is 0 Å². The first-order valence-electron chi connectivity index (χ1n) is 5.58. The number of thiazole rings is 1. The Labute approximate surface area is 114 Å². The molecule has 0 aliphatic heterocycles. The first kappa shape index (κ1) is 13.3. The van der Waals surface area contributed by atoms with Crippen LogP contribution >= 0.6 is 22.9 Å². The molecule has 1 aromatic carbocycles. The summed E-state index contributed by atoms with van der Waals surface area (Å²) < 4.78 is 1.43. The second kappa shape index (κ2) is 5.65. The van der Waals surface area contributed by atoms with E-state index in [1.807, 2.05) is 13.0 Å². The third-order valence-corrected chi connectivity index (χ3v) is 3.70. The first-order chi connectivity index (χ1) is 8.60. The van der Waals surface area contributed by atoms with Crippen molar-refractivity contribution in [1.82, 2.24) is 10.3 Å². The van der Waals surface area contributed by atoms with Crippen LogP contribution in [-0.4, -0.2) is 28.6 Å². The summed E-state index contributed by atoms with van der Waals surface area (Å²) in [5.41, 5.74) is 1.28. The van der Waals surface area contributed by atoms with Crippen LogP contribution < -0.4 is 5.32 Å². The molecule has 1 aromatic heterocycles. The fourth-order valence-corrected chi connectivity index (χ4v) is 2.62. The van der Waals surface area contributed by atoms with Crippen molar-refractivity contribution in [2.75, 3.05) is 6.61 Å². The average Bonchev–Trinajstić information content (AvgIpc) is 2.68. The summed E-state index contributed by atoms with van der Waals surface area (Å²) in [6, 6.07) is 5.25. The molecule has 4 nitrogen and oxygen atoms in total. The number of aromatic nitrogens is 1. The molecule has 0 aliphatic rings. The molecule has 18 heavy (non-hydrogen) atoms. The predicted octanol–water partition coefficient (Wildman–Crippen LogP) is 2.45. The van der Waals surface area contributed by atoms with E-state index in [0.717, 1.165) is 10.2 Å². The molecular formula is C12H13ClN2O2S. The second-order valence-electron chi connectivity index (χ2n) is 4.04. The number of fused-ring (bicyclic) bond motifs is 1. The number of hydrogen-bond donors (Lipinski definition) is 2. The second-order valence-corrected chi connectivity index (χ2v) is 5.65. The topological polar surface area (TPSA) is 62.2 Å². The summed E-state index contributed by atoms with van der Waals surface area (Å²) in [4.78, 5) is 16.1. The maximum atomic E-state index is 11.9. The lowest BCUT2D eigenvalue weighted by Crippen LogP contribution is -2.33. The Bertz CT molecular complexity index is 570. The van der Waals surface area contributed by atoms with E-state index in [4.69, 9.17) is 16.7 Å². The lowest BCUT2D eigenvalue weighted by molar-refractivity contribution is 0.0934. The maximum Gasteiger partial charge on any atom is 0.251 e. The van der Waals surface area contributed by atoms with Crippen LogP contribution in [0.2, 0.25) is 4.47 Å². The van der Waals surface area contributed by atoms with E-state index >= 15 is 0 Å². The molecule has 0 aliphatic carbocycles. The molecule has 96 valence electrons. The van der Waals surface area contributed by atoms with Crippen LogP contribution in [0.3, 0.4) is 0 Å². The summed E-state index contributed by atoms with van der Waals surface area (Å²) in [6.45, 7) is 1.91. The molecule has 1 atom stereocenters. The van der Waals surface area contributed by atoms with Gasteiger partial charge in [-0.3, -0.25) is 4.79 Å². The number of nitrogens with one attached hydrogen (secondary N) is 1. The standard InChI is InChI=1S/C12H13ClN2O2S/c1-7(4-5-16)14-11(17)8-2-3-10-9(6-8)15-12(13)18-10/h2-3,6-7,16H,4-5H2,1H3,(H,14,17)/t7-/m1/s1. The summed E-state index contributed by atoms with van der Waals surface area (Å²) in [7, 11) is 0. The Balaban J connectivity index is 2.17. The number of aliphatic hydroxyl groups excluding tert-OH is 1. The van der Waals surface area contributed by atoms with E-state index in [1.54, 1.807) is 12.1 Å². The van der Waals surface area contributed by atoms with Gasteiger partial charge in [-0.05, 0) is 31.5 Å². The molecule has 0 saturated carbocycles. The van der Waals surface area contributed by atoms with Crippen LogP contribution in [0.5, 0.6) is 0 Å². The van der Waals surface area contributed by atoms with E-state index in [1.165, 1.54) is 11.3 Å². The van der Waals surface area contributed by atoms with Crippen molar-refractivity contribution in [3.05, 3.63) is 28.2 Å². The van der Waals surface area contributed by atoms with E-state index < -0.39 is 0 Å². The van der Waals surface area contributed by atoms with Gasteiger partial charge in [0.25, 0.3) is 5.91 Å². The zero-order valence-electron chi connectivity index (χ0n) is 9.81. The third-order valence-electron chi connectivity index (χ3n) is 2.56. The predicted molar refractivity (Wildman–Crippen MR) is 73.3 cm³/mol. The molecule has 0 unspecified atom stereocenters. The third kappa shape index (κ3) is 2.98.